The van der Waals surface area contributed by atoms with Gasteiger partial charge in [-0.05, 0) is 52.0 Å². The Morgan fingerprint density at radius 1 is 0.966 bits per heavy atom. The predicted molar refractivity (Wildman–Crippen MR) is 109 cm³/mol. The van der Waals surface area contributed by atoms with Crippen molar-refractivity contribution in [1.82, 2.24) is 5.43 Å². The molecule has 0 aliphatic rings. The first kappa shape index (κ1) is 21.9. The molecule has 0 fully saturated rings. The standard InChI is InChI=1S/C21H26N2O6/c1-5-27-18-10-14(11-19(28-6-2)20(18)29-7-3)21(26)23-22-13(4)16-9-8-15(24)12-17(16)25/h8-12,24-25H,5-7H2,1-4H3,(H,23,26). The van der Waals surface area contributed by atoms with Crippen LogP contribution in [0.5, 0.6) is 28.7 Å². The Balaban J connectivity index is 2.31. The number of carbonyl (C=O) groups is 1. The van der Waals surface area contributed by atoms with E-state index in [1.807, 2.05) is 20.8 Å². The highest BCUT2D eigenvalue weighted by Crippen LogP contribution is 2.39. The molecular weight excluding hydrogens is 376 g/mol. The summed E-state index contributed by atoms with van der Waals surface area (Å²) >= 11 is 0. The maximum atomic E-state index is 12.6. The molecule has 0 unspecified atom stereocenters. The van der Waals surface area contributed by atoms with Gasteiger partial charge in [0.1, 0.15) is 11.5 Å². The quantitative estimate of drug-likeness (QED) is 0.438. The number of phenolic OH excluding ortho intramolecular Hbond substituents is 2. The van der Waals surface area contributed by atoms with Crippen LogP contribution in [0.4, 0.5) is 0 Å². The SMILES string of the molecule is CCOc1cc(C(=O)NN=C(C)c2ccc(O)cc2O)cc(OCC)c1OCC. The minimum absolute atomic E-state index is 0.0654. The number of hydrogen-bond acceptors (Lipinski definition) is 7. The summed E-state index contributed by atoms with van der Waals surface area (Å²) in [6, 6.07) is 7.26. The molecule has 1 amide bonds. The predicted octanol–water partition coefficient (Wildman–Crippen LogP) is 3.45. The Labute approximate surface area is 169 Å². The number of phenols is 2. The van der Waals surface area contributed by atoms with Crippen LogP contribution >= 0.6 is 0 Å². The van der Waals surface area contributed by atoms with E-state index in [4.69, 9.17) is 14.2 Å². The van der Waals surface area contributed by atoms with Crippen LogP contribution in [0.1, 0.15) is 43.6 Å². The first-order valence-electron chi connectivity index (χ1n) is 9.34. The van der Waals surface area contributed by atoms with Crippen molar-refractivity contribution in [3.63, 3.8) is 0 Å². The van der Waals surface area contributed by atoms with Crippen molar-refractivity contribution < 1.29 is 29.2 Å². The summed E-state index contributed by atoms with van der Waals surface area (Å²) < 4.78 is 16.9. The molecular formula is C21H26N2O6. The van der Waals surface area contributed by atoms with Crippen molar-refractivity contribution in [1.29, 1.82) is 0 Å². The Morgan fingerprint density at radius 3 is 2.07 bits per heavy atom. The summed E-state index contributed by atoms with van der Waals surface area (Å²) in [5.41, 5.74) is 3.50. The number of benzene rings is 2. The smallest absolute Gasteiger partial charge is 0.271 e. The molecule has 2 aromatic rings. The number of amides is 1. The molecule has 0 bridgehead atoms. The van der Waals surface area contributed by atoms with E-state index < -0.39 is 5.91 Å². The van der Waals surface area contributed by atoms with E-state index in [0.29, 0.717) is 48.3 Å². The highest BCUT2D eigenvalue weighted by Gasteiger charge is 2.18. The van der Waals surface area contributed by atoms with Gasteiger partial charge < -0.3 is 24.4 Å². The van der Waals surface area contributed by atoms with E-state index in [-0.39, 0.29) is 17.1 Å². The number of ether oxygens (including phenoxy) is 3. The lowest BCUT2D eigenvalue weighted by atomic mass is 10.1. The fraction of sp³-hybridized carbons (Fsp3) is 0.333. The highest BCUT2D eigenvalue weighted by molar-refractivity contribution is 6.03. The fourth-order valence-corrected chi connectivity index (χ4v) is 2.61. The molecule has 0 aromatic heterocycles. The second-order valence-corrected chi connectivity index (χ2v) is 5.94. The lowest BCUT2D eigenvalue weighted by molar-refractivity contribution is 0.0953. The molecule has 2 aromatic carbocycles. The van der Waals surface area contributed by atoms with Crippen molar-refractivity contribution in [2.45, 2.75) is 27.7 Å². The van der Waals surface area contributed by atoms with Crippen molar-refractivity contribution in [3.05, 3.63) is 41.5 Å². The summed E-state index contributed by atoms with van der Waals surface area (Å²) in [4.78, 5) is 12.6. The summed E-state index contributed by atoms with van der Waals surface area (Å²) in [6.07, 6.45) is 0. The number of nitrogens with zero attached hydrogens (tertiary/aromatic N) is 1. The molecule has 29 heavy (non-hydrogen) atoms. The lowest BCUT2D eigenvalue weighted by Crippen LogP contribution is -2.20. The van der Waals surface area contributed by atoms with Crippen molar-refractivity contribution in [3.8, 4) is 28.7 Å². The first-order valence-corrected chi connectivity index (χ1v) is 9.34. The van der Waals surface area contributed by atoms with Crippen LogP contribution in [0.2, 0.25) is 0 Å². The maximum absolute atomic E-state index is 12.6. The van der Waals surface area contributed by atoms with Gasteiger partial charge in [-0.25, -0.2) is 5.43 Å². The fourth-order valence-electron chi connectivity index (χ4n) is 2.61. The monoisotopic (exact) mass is 402 g/mol. The summed E-state index contributed by atoms with van der Waals surface area (Å²) in [5, 5.41) is 23.3. The highest BCUT2D eigenvalue weighted by atomic mass is 16.5. The molecule has 0 saturated carbocycles. The zero-order chi connectivity index (χ0) is 21.4. The Morgan fingerprint density at radius 2 is 1.55 bits per heavy atom. The van der Waals surface area contributed by atoms with Gasteiger partial charge in [0, 0.05) is 17.2 Å². The molecule has 8 nitrogen and oxygen atoms in total. The van der Waals surface area contributed by atoms with Crippen LogP contribution in [0.3, 0.4) is 0 Å². The number of nitrogens with one attached hydrogen (secondary N) is 1. The van der Waals surface area contributed by atoms with Gasteiger partial charge in [-0.1, -0.05) is 0 Å². The summed E-state index contributed by atoms with van der Waals surface area (Å²) in [6.45, 7) is 8.36. The molecule has 2 rings (SSSR count). The van der Waals surface area contributed by atoms with Crippen LogP contribution in [0, 0.1) is 0 Å². The largest absolute Gasteiger partial charge is 0.508 e. The van der Waals surface area contributed by atoms with E-state index in [1.165, 1.54) is 18.2 Å². The van der Waals surface area contributed by atoms with Crippen LogP contribution in [0.25, 0.3) is 0 Å². The summed E-state index contributed by atoms with van der Waals surface area (Å²) in [5.74, 6) is 0.571. The van der Waals surface area contributed by atoms with Crippen molar-refractivity contribution in [2.75, 3.05) is 19.8 Å². The average Bonchev–Trinajstić information content (AvgIpc) is 2.68. The van der Waals surface area contributed by atoms with Gasteiger partial charge in [0.2, 0.25) is 5.75 Å². The number of aromatic hydroxyl groups is 2. The van der Waals surface area contributed by atoms with Crippen LogP contribution in [-0.2, 0) is 0 Å². The minimum atomic E-state index is -0.479. The Hall–Kier alpha value is -3.42. The van der Waals surface area contributed by atoms with Gasteiger partial charge >= 0.3 is 0 Å². The van der Waals surface area contributed by atoms with Crippen LogP contribution in [0.15, 0.2) is 35.4 Å². The third-order valence-electron chi connectivity index (χ3n) is 3.87. The Bertz CT molecular complexity index is 868. The van der Waals surface area contributed by atoms with Gasteiger partial charge in [0.25, 0.3) is 5.91 Å². The normalized spacial score (nSPS) is 11.1. The third kappa shape index (κ3) is 5.54. The molecule has 0 radical (unpaired) electrons. The molecule has 0 aliphatic carbocycles. The zero-order valence-corrected chi connectivity index (χ0v) is 17.0. The van der Waals surface area contributed by atoms with Crippen LogP contribution < -0.4 is 19.6 Å². The first-order chi connectivity index (χ1) is 13.9. The molecule has 0 atom stereocenters. The molecule has 3 N–H and O–H groups in total. The number of carbonyl (C=O) groups excluding carboxylic acids is 1. The summed E-state index contributed by atoms with van der Waals surface area (Å²) in [7, 11) is 0. The van der Waals surface area contributed by atoms with E-state index in [9.17, 15) is 15.0 Å². The molecule has 0 heterocycles. The van der Waals surface area contributed by atoms with E-state index in [2.05, 4.69) is 10.5 Å². The topological polar surface area (TPSA) is 110 Å². The zero-order valence-electron chi connectivity index (χ0n) is 17.0. The lowest BCUT2D eigenvalue weighted by Gasteiger charge is -2.16. The third-order valence-corrected chi connectivity index (χ3v) is 3.87. The number of hydrazone groups is 1. The maximum Gasteiger partial charge on any atom is 0.271 e. The number of rotatable bonds is 9. The second-order valence-electron chi connectivity index (χ2n) is 5.94. The van der Waals surface area contributed by atoms with Crippen LogP contribution in [-0.4, -0.2) is 41.7 Å². The molecule has 156 valence electrons. The Kier molecular flexibility index (Phi) is 7.70. The van der Waals surface area contributed by atoms with E-state index in [1.54, 1.807) is 19.1 Å². The van der Waals surface area contributed by atoms with Gasteiger partial charge in [-0.2, -0.15) is 5.10 Å². The second kappa shape index (κ2) is 10.2. The van der Waals surface area contributed by atoms with E-state index >= 15 is 0 Å². The molecule has 8 heteroatoms. The van der Waals surface area contributed by atoms with Gasteiger partial charge in [0.05, 0.1) is 25.5 Å². The molecule has 0 aliphatic heterocycles. The molecule has 0 spiro atoms. The molecule has 0 saturated heterocycles. The van der Waals surface area contributed by atoms with Gasteiger partial charge in [-0.3, -0.25) is 4.79 Å². The van der Waals surface area contributed by atoms with Crippen molar-refractivity contribution in [2.24, 2.45) is 5.10 Å². The van der Waals surface area contributed by atoms with Gasteiger partial charge in [-0.15, -0.1) is 0 Å². The van der Waals surface area contributed by atoms with Crippen molar-refractivity contribution >= 4 is 11.6 Å². The van der Waals surface area contributed by atoms with Gasteiger partial charge in [0.15, 0.2) is 11.5 Å². The number of hydrogen-bond donors (Lipinski definition) is 3. The van der Waals surface area contributed by atoms with E-state index in [0.717, 1.165) is 0 Å². The minimum Gasteiger partial charge on any atom is -0.508 e. The average molecular weight is 402 g/mol.